The molecule has 0 saturated carbocycles. The first kappa shape index (κ1) is 18.0. The quantitative estimate of drug-likeness (QED) is 0.593. The zero-order valence-electron chi connectivity index (χ0n) is 13.7. The van der Waals surface area contributed by atoms with Gasteiger partial charge in [-0.2, -0.15) is 4.98 Å². The maximum atomic E-state index is 12.2. The van der Waals surface area contributed by atoms with Gasteiger partial charge in [0.05, 0.1) is 4.92 Å². The molecule has 10 nitrogen and oxygen atoms in total. The smallest absolute Gasteiger partial charge is 0.329 e. The summed E-state index contributed by atoms with van der Waals surface area (Å²) >= 11 is 0. The average Bonchev–Trinajstić information content (AvgIpc) is 3.04. The Bertz CT molecular complexity index is 814. The molecule has 132 valence electrons. The van der Waals surface area contributed by atoms with Crippen LogP contribution >= 0.6 is 0 Å². The molecule has 0 aliphatic heterocycles. The highest BCUT2D eigenvalue weighted by molar-refractivity contribution is 5.94. The summed E-state index contributed by atoms with van der Waals surface area (Å²) in [5.41, 5.74) is -1.18. The fourth-order valence-electron chi connectivity index (χ4n) is 1.90. The van der Waals surface area contributed by atoms with Gasteiger partial charge in [0.1, 0.15) is 5.54 Å². The van der Waals surface area contributed by atoms with Crippen LogP contribution in [0, 0.1) is 16.0 Å². The van der Waals surface area contributed by atoms with Crippen LogP contribution in [0.15, 0.2) is 28.8 Å². The highest BCUT2D eigenvalue weighted by Crippen LogP contribution is 2.21. The monoisotopic (exact) mass is 348 g/mol. The second-order valence-corrected chi connectivity index (χ2v) is 5.84. The molecule has 0 fully saturated rings. The van der Waals surface area contributed by atoms with Crippen LogP contribution in [-0.2, 0) is 4.79 Å². The number of carboxylic acids is 1. The molecule has 10 heteroatoms. The molecule has 25 heavy (non-hydrogen) atoms. The number of nitro benzene ring substituents is 1. The zero-order valence-corrected chi connectivity index (χ0v) is 13.7. The van der Waals surface area contributed by atoms with Gasteiger partial charge in [0.2, 0.25) is 5.82 Å². The van der Waals surface area contributed by atoms with E-state index in [9.17, 15) is 24.8 Å². The van der Waals surface area contributed by atoms with E-state index < -0.39 is 28.2 Å². The number of hydrogen-bond acceptors (Lipinski definition) is 7. The number of carboxylic acid groups (broad SMARTS) is 1. The van der Waals surface area contributed by atoms with Gasteiger partial charge in [-0.15, -0.1) is 0 Å². The molecule has 0 saturated heterocycles. The van der Waals surface area contributed by atoms with Crippen molar-refractivity contribution in [1.82, 2.24) is 15.5 Å². The molecule has 2 aromatic rings. The topological polar surface area (TPSA) is 148 Å². The van der Waals surface area contributed by atoms with E-state index in [-0.39, 0.29) is 17.4 Å². The van der Waals surface area contributed by atoms with Gasteiger partial charge in [0.25, 0.3) is 5.69 Å². The number of carbonyl (C=O) groups excluding carboxylic acids is 1. The number of aliphatic carboxylic acids is 1. The normalized spacial score (nSPS) is 13.3. The van der Waals surface area contributed by atoms with Crippen molar-refractivity contribution in [3.63, 3.8) is 0 Å². The molecule has 0 radical (unpaired) electrons. The van der Waals surface area contributed by atoms with Gasteiger partial charge in [0, 0.05) is 17.7 Å². The third-order valence-electron chi connectivity index (χ3n) is 3.93. The molecule has 0 aliphatic rings. The van der Waals surface area contributed by atoms with Crippen LogP contribution in [-0.4, -0.2) is 37.6 Å². The lowest BCUT2D eigenvalue weighted by Gasteiger charge is -2.29. The molecule has 1 aromatic carbocycles. The lowest BCUT2D eigenvalue weighted by atomic mass is 9.88. The molecule has 0 spiro atoms. The maximum Gasteiger partial charge on any atom is 0.329 e. The fourth-order valence-corrected chi connectivity index (χ4v) is 1.90. The predicted molar refractivity (Wildman–Crippen MR) is 84.7 cm³/mol. The van der Waals surface area contributed by atoms with E-state index in [4.69, 9.17) is 4.52 Å². The summed E-state index contributed by atoms with van der Waals surface area (Å²) in [5, 5.41) is 26.0. The Labute approximate surface area is 142 Å². The van der Waals surface area contributed by atoms with Crippen molar-refractivity contribution in [2.75, 3.05) is 0 Å². The number of nitrogens with one attached hydrogen (secondary N) is 1. The first-order valence-corrected chi connectivity index (χ1v) is 7.29. The van der Waals surface area contributed by atoms with Gasteiger partial charge in [-0.1, -0.05) is 19.0 Å². The van der Waals surface area contributed by atoms with Gasteiger partial charge in [-0.3, -0.25) is 14.9 Å². The Hall–Kier alpha value is -3.30. The second kappa shape index (κ2) is 6.67. The van der Waals surface area contributed by atoms with E-state index >= 15 is 0 Å². The highest BCUT2D eigenvalue weighted by atomic mass is 16.6. The lowest BCUT2D eigenvalue weighted by Crippen LogP contribution is -2.55. The Kier molecular flexibility index (Phi) is 4.82. The van der Waals surface area contributed by atoms with Gasteiger partial charge >= 0.3 is 17.8 Å². The number of amides is 1. The maximum absolute atomic E-state index is 12.2. The molecule has 1 aromatic heterocycles. The fraction of sp³-hybridized carbons (Fsp3) is 0.333. The standard InChI is InChI=1S/C15H16N4O6/c1-8(2)15(3,14(21)22)17-12(20)13-16-11(18-25-13)9-4-6-10(7-5-9)19(23)24/h4-8H,1-3H3,(H,17,20)(H,21,22). The molecule has 1 atom stereocenters. The molecule has 1 amide bonds. The molecule has 2 rings (SSSR count). The number of rotatable bonds is 6. The first-order chi connectivity index (χ1) is 11.6. The van der Waals surface area contributed by atoms with Crippen molar-refractivity contribution >= 4 is 17.6 Å². The van der Waals surface area contributed by atoms with E-state index in [1.165, 1.54) is 31.2 Å². The van der Waals surface area contributed by atoms with E-state index in [0.29, 0.717) is 5.56 Å². The van der Waals surface area contributed by atoms with Crippen LogP contribution in [0.4, 0.5) is 5.69 Å². The highest BCUT2D eigenvalue weighted by Gasteiger charge is 2.39. The third kappa shape index (κ3) is 3.62. The van der Waals surface area contributed by atoms with Crippen molar-refractivity contribution < 1.29 is 24.1 Å². The second-order valence-electron chi connectivity index (χ2n) is 5.84. The predicted octanol–water partition coefficient (Wildman–Crippen LogP) is 1.87. The summed E-state index contributed by atoms with van der Waals surface area (Å²) in [4.78, 5) is 37.6. The summed E-state index contributed by atoms with van der Waals surface area (Å²) in [6.07, 6.45) is 0. The van der Waals surface area contributed by atoms with Crippen molar-refractivity contribution in [1.29, 1.82) is 0 Å². The minimum Gasteiger partial charge on any atom is -0.480 e. The molecule has 0 aliphatic carbocycles. The number of hydrogen-bond donors (Lipinski definition) is 2. The number of aromatic nitrogens is 2. The summed E-state index contributed by atoms with van der Waals surface area (Å²) < 4.78 is 4.86. The molecule has 1 heterocycles. The Morgan fingerprint density at radius 1 is 1.32 bits per heavy atom. The van der Waals surface area contributed by atoms with E-state index in [0.717, 1.165) is 0 Å². The number of benzene rings is 1. The van der Waals surface area contributed by atoms with Crippen LogP contribution < -0.4 is 5.32 Å². The first-order valence-electron chi connectivity index (χ1n) is 7.29. The van der Waals surface area contributed by atoms with Crippen molar-refractivity contribution in [2.24, 2.45) is 5.92 Å². The largest absolute Gasteiger partial charge is 0.480 e. The SMILES string of the molecule is CC(C)C(C)(NC(=O)c1nc(-c2ccc([N+](=O)[O-])cc2)no1)C(=O)O. The van der Waals surface area contributed by atoms with Gasteiger partial charge in [-0.25, -0.2) is 4.79 Å². The summed E-state index contributed by atoms with van der Waals surface area (Å²) in [6, 6.07) is 5.37. The summed E-state index contributed by atoms with van der Waals surface area (Å²) in [5.74, 6) is -2.74. The minimum absolute atomic E-state index is 0.0571. The molecule has 1 unspecified atom stereocenters. The van der Waals surface area contributed by atoms with Crippen LogP contribution in [0.1, 0.15) is 31.5 Å². The van der Waals surface area contributed by atoms with Gasteiger partial charge in [-0.05, 0) is 25.0 Å². The van der Waals surface area contributed by atoms with Crippen LogP contribution in [0.3, 0.4) is 0 Å². The van der Waals surface area contributed by atoms with Gasteiger partial charge in [0.15, 0.2) is 0 Å². The van der Waals surface area contributed by atoms with E-state index in [2.05, 4.69) is 15.5 Å². The van der Waals surface area contributed by atoms with Crippen LogP contribution in [0.5, 0.6) is 0 Å². The van der Waals surface area contributed by atoms with Crippen molar-refractivity contribution in [2.45, 2.75) is 26.3 Å². The number of carbonyl (C=O) groups is 2. The van der Waals surface area contributed by atoms with Crippen LogP contribution in [0.2, 0.25) is 0 Å². The van der Waals surface area contributed by atoms with Crippen LogP contribution in [0.25, 0.3) is 11.4 Å². The molecular weight excluding hydrogens is 332 g/mol. The van der Waals surface area contributed by atoms with E-state index in [1.54, 1.807) is 13.8 Å². The van der Waals surface area contributed by atoms with Gasteiger partial charge < -0.3 is 14.9 Å². The molecule has 0 bridgehead atoms. The lowest BCUT2D eigenvalue weighted by molar-refractivity contribution is -0.384. The summed E-state index contributed by atoms with van der Waals surface area (Å²) in [6.45, 7) is 4.69. The Morgan fingerprint density at radius 3 is 2.40 bits per heavy atom. The molecular formula is C15H16N4O6. The number of nitrogens with zero attached hydrogens (tertiary/aromatic N) is 3. The van der Waals surface area contributed by atoms with Crippen molar-refractivity contribution in [3.05, 3.63) is 40.3 Å². The third-order valence-corrected chi connectivity index (χ3v) is 3.93. The number of non-ortho nitro benzene ring substituents is 1. The average molecular weight is 348 g/mol. The number of nitro groups is 1. The minimum atomic E-state index is -1.50. The summed E-state index contributed by atoms with van der Waals surface area (Å²) in [7, 11) is 0. The van der Waals surface area contributed by atoms with Crippen molar-refractivity contribution in [3.8, 4) is 11.4 Å². The molecule has 2 N–H and O–H groups in total. The van der Waals surface area contributed by atoms with E-state index in [1.807, 2.05) is 0 Å². The Morgan fingerprint density at radius 2 is 1.92 bits per heavy atom. The zero-order chi connectivity index (χ0) is 18.8. The Balaban J connectivity index is 2.21.